The lowest BCUT2D eigenvalue weighted by molar-refractivity contribution is 0.102. The number of H-pyrrole nitrogens is 1. The molecule has 0 spiro atoms. The summed E-state index contributed by atoms with van der Waals surface area (Å²) in [4.78, 5) is 22.7. The number of rotatable bonds is 3. The smallest absolute Gasteiger partial charge is 0.276 e. The Morgan fingerprint density at radius 2 is 2.06 bits per heavy atom. The van der Waals surface area contributed by atoms with E-state index >= 15 is 0 Å². The molecule has 2 aromatic rings. The van der Waals surface area contributed by atoms with Gasteiger partial charge in [-0.05, 0) is 18.2 Å². The number of hydrogen-bond donors (Lipinski definition) is 2. The van der Waals surface area contributed by atoms with Crippen LogP contribution in [-0.2, 0) is 0 Å². The number of methoxy groups -OCH3 is 1. The molecular formula is C12H11N3O3. The van der Waals surface area contributed by atoms with E-state index in [0.717, 1.165) is 0 Å². The lowest BCUT2D eigenvalue weighted by Gasteiger charge is -2.08. The first-order chi connectivity index (χ1) is 8.70. The van der Waals surface area contributed by atoms with Gasteiger partial charge < -0.3 is 10.1 Å². The summed E-state index contributed by atoms with van der Waals surface area (Å²) in [6.07, 6.45) is 0. The predicted molar refractivity (Wildman–Crippen MR) is 65.8 cm³/mol. The van der Waals surface area contributed by atoms with Gasteiger partial charge in [0.05, 0.1) is 12.8 Å². The first-order valence-corrected chi connectivity index (χ1v) is 5.21. The third-order valence-corrected chi connectivity index (χ3v) is 2.27. The fraction of sp³-hybridized carbons (Fsp3) is 0.0833. The lowest BCUT2D eigenvalue weighted by atomic mass is 10.2. The highest BCUT2D eigenvalue weighted by Crippen LogP contribution is 2.23. The van der Waals surface area contributed by atoms with Gasteiger partial charge in [-0.3, -0.25) is 9.59 Å². The molecule has 6 heteroatoms. The van der Waals surface area contributed by atoms with Gasteiger partial charge in [-0.1, -0.05) is 12.1 Å². The zero-order chi connectivity index (χ0) is 13.0. The van der Waals surface area contributed by atoms with Gasteiger partial charge in [0, 0.05) is 6.07 Å². The van der Waals surface area contributed by atoms with Gasteiger partial charge in [-0.25, -0.2) is 5.10 Å². The molecule has 0 atom stereocenters. The summed E-state index contributed by atoms with van der Waals surface area (Å²) in [7, 11) is 1.52. The number of nitrogens with zero attached hydrogens (tertiary/aromatic N) is 1. The number of hydrogen-bond acceptors (Lipinski definition) is 4. The van der Waals surface area contributed by atoms with Crippen LogP contribution >= 0.6 is 0 Å². The Morgan fingerprint density at radius 1 is 1.28 bits per heavy atom. The van der Waals surface area contributed by atoms with E-state index in [9.17, 15) is 9.59 Å². The van der Waals surface area contributed by atoms with Crippen molar-refractivity contribution in [2.24, 2.45) is 0 Å². The van der Waals surface area contributed by atoms with Gasteiger partial charge in [0.1, 0.15) is 11.4 Å². The number of nitrogens with one attached hydrogen (secondary N) is 2. The number of carbonyl (C=O) groups excluding carboxylic acids is 1. The van der Waals surface area contributed by atoms with Crippen molar-refractivity contribution in [3.63, 3.8) is 0 Å². The van der Waals surface area contributed by atoms with Crippen LogP contribution in [0.25, 0.3) is 0 Å². The fourth-order valence-electron chi connectivity index (χ4n) is 1.41. The molecule has 2 N–H and O–H groups in total. The molecule has 1 aromatic heterocycles. The van der Waals surface area contributed by atoms with Crippen molar-refractivity contribution in [3.8, 4) is 5.75 Å². The summed E-state index contributed by atoms with van der Waals surface area (Å²) in [5.41, 5.74) is 0.308. The molecule has 2 rings (SSSR count). The number of anilines is 1. The summed E-state index contributed by atoms with van der Waals surface area (Å²) in [6, 6.07) is 9.61. The van der Waals surface area contributed by atoms with Gasteiger partial charge in [-0.15, -0.1) is 0 Å². The molecule has 0 aliphatic heterocycles. The molecule has 0 unspecified atom stereocenters. The Morgan fingerprint density at radius 3 is 2.72 bits per heavy atom. The van der Waals surface area contributed by atoms with Gasteiger partial charge in [0.15, 0.2) is 0 Å². The first kappa shape index (κ1) is 11.8. The highest BCUT2D eigenvalue weighted by molar-refractivity contribution is 6.03. The Hall–Kier alpha value is -2.63. The normalized spacial score (nSPS) is 9.83. The molecule has 1 heterocycles. The van der Waals surface area contributed by atoms with E-state index in [1.165, 1.54) is 19.2 Å². The molecule has 18 heavy (non-hydrogen) atoms. The first-order valence-electron chi connectivity index (χ1n) is 5.21. The lowest BCUT2D eigenvalue weighted by Crippen LogP contribution is -2.17. The second-order valence-electron chi connectivity index (χ2n) is 3.46. The molecule has 0 fully saturated rings. The van der Waals surface area contributed by atoms with E-state index in [-0.39, 0.29) is 11.3 Å². The predicted octanol–water partition coefficient (Wildman–Crippen LogP) is 1.03. The van der Waals surface area contributed by atoms with E-state index in [1.54, 1.807) is 24.3 Å². The van der Waals surface area contributed by atoms with E-state index < -0.39 is 5.91 Å². The van der Waals surface area contributed by atoms with Crippen LogP contribution in [-0.4, -0.2) is 23.2 Å². The van der Waals surface area contributed by atoms with Crippen LogP contribution in [0.4, 0.5) is 5.69 Å². The molecule has 1 aromatic carbocycles. The van der Waals surface area contributed by atoms with Gasteiger partial charge in [0.2, 0.25) is 0 Å². The quantitative estimate of drug-likeness (QED) is 0.845. The molecule has 0 aliphatic carbocycles. The summed E-state index contributed by atoms with van der Waals surface area (Å²) >= 11 is 0. The summed E-state index contributed by atoms with van der Waals surface area (Å²) < 4.78 is 5.11. The fourth-order valence-corrected chi connectivity index (χ4v) is 1.41. The van der Waals surface area contributed by atoms with Crippen molar-refractivity contribution < 1.29 is 9.53 Å². The number of amides is 1. The molecule has 0 saturated carbocycles. The topological polar surface area (TPSA) is 84.1 Å². The standard InChI is InChI=1S/C12H11N3O3/c1-18-10-5-3-2-4-8(10)13-12(17)9-6-7-11(16)15-14-9/h2-7H,1H3,(H,13,17)(H,15,16). The molecule has 0 radical (unpaired) electrons. The summed E-state index contributed by atoms with van der Waals surface area (Å²) in [5.74, 6) is 0.131. The Balaban J connectivity index is 2.21. The third kappa shape index (κ3) is 2.54. The molecule has 0 aliphatic rings. The molecule has 0 bridgehead atoms. The number of para-hydroxylation sites is 2. The maximum absolute atomic E-state index is 11.8. The Kier molecular flexibility index (Phi) is 3.38. The van der Waals surface area contributed by atoms with E-state index in [4.69, 9.17) is 4.74 Å². The number of aromatic amines is 1. The van der Waals surface area contributed by atoms with Crippen LogP contribution in [0.1, 0.15) is 10.5 Å². The van der Waals surface area contributed by atoms with Crippen LogP contribution in [0.2, 0.25) is 0 Å². The van der Waals surface area contributed by atoms with Crippen molar-refractivity contribution in [1.82, 2.24) is 10.2 Å². The second kappa shape index (κ2) is 5.13. The highest BCUT2D eigenvalue weighted by atomic mass is 16.5. The Bertz CT molecular complexity index is 601. The Labute approximate surface area is 103 Å². The average molecular weight is 245 g/mol. The van der Waals surface area contributed by atoms with Crippen LogP contribution < -0.4 is 15.6 Å². The molecule has 6 nitrogen and oxygen atoms in total. The monoisotopic (exact) mass is 245 g/mol. The van der Waals surface area contributed by atoms with Crippen molar-refractivity contribution in [2.75, 3.05) is 12.4 Å². The minimum atomic E-state index is -0.421. The van der Waals surface area contributed by atoms with Crippen LogP contribution in [0.5, 0.6) is 5.75 Å². The summed E-state index contributed by atoms with van der Waals surface area (Å²) in [6.45, 7) is 0. The van der Waals surface area contributed by atoms with Crippen molar-refractivity contribution in [3.05, 3.63) is 52.4 Å². The second-order valence-corrected chi connectivity index (χ2v) is 3.46. The number of carbonyl (C=O) groups is 1. The molecule has 92 valence electrons. The third-order valence-electron chi connectivity index (χ3n) is 2.27. The number of aromatic nitrogens is 2. The zero-order valence-corrected chi connectivity index (χ0v) is 9.64. The van der Waals surface area contributed by atoms with Gasteiger partial charge in [0.25, 0.3) is 11.5 Å². The van der Waals surface area contributed by atoms with Crippen LogP contribution in [0, 0.1) is 0 Å². The van der Waals surface area contributed by atoms with Gasteiger partial charge in [-0.2, -0.15) is 5.10 Å². The number of benzene rings is 1. The molecule has 1 amide bonds. The van der Waals surface area contributed by atoms with E-state index in [2.05, 4.69) is 15.5 Å². The highest BCUT2D eigenvalue weighted by Gasteiger charge is 2.10. The van der Waals surface area contributed by atoms with Gasteiger partial charge >= 0.3 is 0 Å². The summed E-state index contributed by atoms with van der Waals surface area (Å²) in [5, 5.41) is 8.49. The average Bonchev–Trinajstić information content (AvgIpc) is 2.40. The maximum Gasteiger partial charge on any atom is 0.276 e. The molecular weight excluding hydrogens is 234 g/mol. The van der Waals surface area contributed by atoms with Crippen molar-refractivity contribution in [1.29, 1.82) is 0 Å². The van der Waals surface area contributed by atoms with E-state index in [1.807, 2.05) is 0 Å². The minimum Gasteiger partial charge on any atom is -0.495 e. The minimum absolute atomic E-state index is 0.125. The van der Waals surface area contributed by atoms with E-state index in [0.29, 0.717) is 11.4 Å². The maximum atomic E-state index is 11.8. The molecule has 0 saturated heterocycles. The van der Waals surface area contributed by atoms with Crippen molar-refractivity contribution >= 4 is 11.6 Å². The largest absolute Gasteiger partial charge is 0.495 e. The zero-order valence-electron chi connectivity index (χ0n) is 9.64. The van der Waals surface area contributed by atoms with Crippen LogP contribution in [0.3, 0.4) is 0 Å². The van der Waals surface area contributed by atoms with Crippen LogP contribution in [0.15, 0.2) is 41.2 Å². The van der Waals surface area contributed by atoms with Crippen molar-refractivity contribution in [2.45, 2.75) is 0 Å². The number of ether oxygens (including phenoxy) is 1. The SMILES string of the molecule is COc1ccccc1NC(=O)c1ccc(=O)[nH]n1.